The Balaban J connectivity index is 2.21. The highest BCUT2D eigenvalue weighted by Crippen LogP contribution is 2.11. The van der Waals surface area contributed by atoms with Crippen LogP contribution < -0.4 is 5.32 Å². The van der Waals surface area contributed by atoms with Crippen LogP contribution >= 0.6 is 0 Å². The van der Waals surface area contributed by atoms with Gasteiger partial charge in [-0.2, -0.15) is 0 Å². The Bertz CT molecular complexity index is 174. The Morgan fingerprint density at radius 2 is 2.00 bits per heavy atom. The quantitative estimate of drug-likeness (QED) is 0.654. The first-order valence-corrected chi connectivity index (χ1v) is 7.71. The summed E-state index contributed by atoms with van der Waals surface area (Å²) < 4.78 is 0. The van der Waals surface area contributed by atoms with Crippen LogP contribution in [-0.4, -0.2) is 36.6 Å². The van der Waals surface area contributed by atoms with Crippen molar-refractivity contribution in [2.75, 3.05) is 19.6 Å². The van der Waals surface area contributed by atoms with Crippen LogP contribution in [-0.2, 0) is 0 Å². The molecule has 1 saturated heterocycles. The smallest absolute Gasteiger partial charge is 0.0195 e. The lowest BCUT2D eigenvalue weighted by molar-refractivity contribution is 0.181. The molecular weight excluding hydrogens is 208 g/mol. The van der Waals surface area contributed by atoms with Crippen LogP contribution in [0.2, 0.25) is 0 Å². The van der Waals surface area contributed by atoms with Gasteiger partial charge in [-0.05, 0) is 46.2 Å². The number of nitrogens with zero attached hydrogens (tertiary/aromatic N) is 1. The lowest BCUT2D eigenvalue weighted by Gasteiger charge is -2.33. The predicted octanol–water partition coefficient (Wildman–Crippen LogP) is 3.42. The maximum Gasteiger partial charge on any atom is 0.0195 e. The van der Waals surface area contributed by atoms with E-state index >= 15 is 0 Å². The average Bonchev–Trinajstić information content (AvgIpc) is 2.34. The molecule has 1 aliphatic heterocycles. The van der Waals surface area contributed by atoms with E-state index in [4.69, 9.17) is 0 Å². The third-order valence-corrected chi connectivity index (χ3v) is 3.90. The molecule has 1 rings (SSSR count). The van der Waals surface area contributed by atoms with E-state index < -0.39 is 0 Å². The summed E-state index contributed by atoms with van der Waals surface area (Å²) in [5.41, 5.74) is 0. The molecule has 102 valence electrons. The molecule has 0 saturated carbocycles. The van der Waals surface area contributed by atoms with Gasteiger partial charge in [0.05, 0.1) is 0 Å². The van der Waals surface area contributed by atoms with Crippen LogP contribution in [0.25, 0.3) is 0 Å². The monoisotopic (exact) mass is 240 g/mol. The van der Waals surface area contributed by atoms with Gasteiger partial charge in [0.2, 0.25) is 0 Å². The van der Waals surface area contributed by atoms with Gasteiger partial charge in [-0.25, -0.2) is 0 Å². The number of hydrogen-bond acceptors (Lipinski definition) is 2. The van der Waals surface area contributed by atoms with E-state index in [1.54, 1.807) is 0 Å². The first-order chi connectivity index (χ1) is 8.24. The highest BCUT2D eigenvalue weighted by Gasteiger charge is 2.17. The normalized spacial score (nSPS) is 21.4. The third kappa shape index (κ3) is 6.42. The molecule has 1 fully saturated rings. The lowest BCUT2D eigenvalue weighted by Crippen LogP contribution is -2.46. The van der Waals surface area contributed by atoms with Crippen molar-refractivity contribution >= 4 is 0 Å². The fourth-order valence-corrected chi connectivity index (χ4v) is 2.66. The van der Waals surface area contributed by atoms with Crippen LogP contribution in [0.5, 0.6) is 0 Å². The summed E-state index contributed by atoms with van der Waals surface area (Å²) in [6, 6.07) is 1.44. The molecule has 0 aromatic heterocycles. The number of hydrogen-bond donors (Lipinski definition) is 1. The molecule has 2 heteroatoms. The molecule has 0 bridgehead atoms. The van der Waals surface area contributed by atoms with E-state index in [9.17, 15) is 0 Å². The van der Waals surface area contributed by atoms with Crippen molar-refractivity contribution in [3.05, 3.63) is 0 Å². The van der Waals surface area contributed by atoms with Crippen molar-refractivity contribution in [3.8, 4) is 0 Å². The van der Waals surface area contributed by atoms with Crippen LogP contribution in [0.4, 0.5) is 0 Å². The van der Waals surface area contributed by atoms with E-state index in [2.05, 4.69) is 31.0 Å². The summed E-state index contributed by atoms with van der Waals surface area (Å²) in [4.78, 5) is 2.67. The van der Waals surface area contributed by atoms with E-state index in [0.29, 0.717) is 6.04 Å². The summed E-state index contributed by atoms with van der Waals surface area (Å²) >= 11 is 0. The van der Waals surface area contributed by atoms with E-state index in [-0.39, 0.29) is 0 Å². The summed E-state index contributed by atoms with van der Waals surface area (Å²) in [7, 11) is 0. The minimum Gasteiger partial charge on any atom is -0.313 e. The average molecular weight is 240 g/mol. The van der Waals surface area contributed by atoms with Gasteiger partial charge in [-0.1, -0.05) is 32.6 Å². The maximum atomic E-state index is 3.66. The molecule has 1 atom stereocenters. The SMILES string of the molecule is CCCCCCN(CC1CCCCN1)C(C)C. The predicted molar refractivity (Wildman–Crippen MR) is 76.5 cm³/mol. The van der Waals surface area contributed by atoms with Gasteiger partial charge in [0.1, 0.15) is 0 Å². The van der Waals surface area contributed by atoms with Crippen molar-refractivity contribution in [1.82, 2.24) is 10.2 Å². The zero-order valence-electron chi connectivity index (χ0n) is 12.2. The molecule has 1 heterocycles. The van der Waals surface area contributed by atoms with Gasteiger partial charge in [0.15, 0.2) is 0 Å². The molecule has 0 aromatic rings. The number of nitrogens with one attached hydrogen (secondary N) is 1. The van der Waals surface area contributed by atoms with Crippen molar-refractivity contribution < 1.29 is 0 Å². The Morgan fingerprint density at radius 1 is 1.18 bits per heavy atom. The van der Waals surface area contributed by atoms with E-state index in [1.165, 1.54) is 64.6 Å². The Kier molecular flexibility index (Phi) is 7.87. The van der Waals surface area contributed by atoms with Crippen molar-refractivity contribution in [2.45, 2.75) is 77.8 Å². The summed E-state index contributed by atoms with van der Waals surface area (Å²) in [5.74, 6) is 0. The zero-order valence-corrected chi connectivity index (χ0v) is 12.2. The first kappa shape index (κ1) is 15.0. The van der Waals surface area contributed by atoms with Gasteiger partial charge in [0.25, 0.3) is 0 Å². The summed E-state index contributed by atoms with van der Waals surface area (Å²) in [6.45, 7) is 10.7. The molecule has 0 spiro atoms. The minimum atomic E-state index is 0.695. The molecule has 17 heavy (non-hydrogen) atoms. The van der Waals surface area contributed by atoms with Crippen LogP contribution in [0.1, 0.15) is 65.7 Å². The fraction of sp³-hybridized carbons (Fsp3) is 1.00. The van der Waals surface area contributed by atoms with Crippen LogP contribution in [0.15, 0.2) is 0 Å². The molecule has 1 unspecified atom stereocenters. The van der Waals surface area contributed by atoms with Crippen molar-refractivity contribution in [2.24, 2.45) is 0 Å². The largest absolute Gasteiger partial charge is 0.313 e. The molecule has 0 amide bonds. The highest BCUT2D eigenvalue weighted by molar-refractivity contribution is 4.77. The fourth-order valence-electron chi connectivity index (χ4n) is 2.66. The topological polar surface area (TPSA) is 15.3 Å². The molecule has 0 aromatic carbocycles. The third-order valence-electron chi connectivity index (χ3n) is 3.90. The molecule has 1 N–H and O–H groups in total. The summed E-state index contributed by atoms with van der Waals surface area (Å²) in [5, 5.41) is 3.66. The van der Waals surface area contributed by atoms with Gasteiger partial charge in [0, 0.05) is 18.6 Å². The Labute approximate surface area is 108 Å². The number of piperidine rings is 1. The standard InChI is InChI=1S/C15H32N2/c1-4-5-6-9-12-17(14(2)3)13-15-10-7-8-11-16-15/h14-16H,4-13H2,1-3H3. The molecule has 0 radical (unpaired) electrons. The van der Waals surface area contributed by atoms with Crippen molar-refractivity contribution in [1.29, 1.82) is 0 Å². The van der Waals surface area contributed by atoms with Gasteiger partial charge < -0.3 is 5.32 Å². The van der Waals surface area contributed by atoms with Crippen molar-refractivity contribution in [3.63, 3.8) is 0 Å². The number of unbranched alkanes of at least 4 members (excludes halogenated alkanes) is 3. The first-order valence-electron chi connectivity index (χ1n) is 7.71. The van der Waals surface area contributed by atoms with E-state index in [1.807, 2.05) is 0 Å². The minimum absolute atomic E-state index is 0.695. The summed E-state index contributed by atoms with van der Waals surface area (Å²) in [6.07, 6.45) is 9.67. The van der Waals surface area contributed by atoms with Gasteiger partial charge in [-0.3, -0.25) is 4.90 Å². The highest BCUT2D eigenvalue weighted by atomic mass is 15.2. The van der Waals surface area contributed by atoms with Crippen LogP contribution in [0.3, 0.4) is 0 Å². The van der Waals surface area contributed by atoms with Gasteiger partial charge >= 0.3 is 0 Å². The molecule has 2 nitrogen and oxygen atoms in total. The Morgan fingerprint density at radius 3 is 2.59 bits per heavy atom. The second-order valence-corrected chi connectivity index (χ2v) is 5.80. The lowest BCUT2D eigenvalue weighted by atomic mass is 10.0. The molecule has 1 aliphatic rings. The van der Waals surface area contributed by atoms with Crippen LogP contribution in [0, 0.1) is 0 Å². The molecule has 0 aliphatic carbocycles. The maximum absolute atomic E-state index is 3.66. The second-order valence-electron chi connectivity index (χ2n) is 5.80. The number of rotatable bonds is 8. The zero-order chi connectivity index (χ0) is 12.5. The van der Waals surface area contributed by atoms with Gasteiger partial charge in [-0.15, -0.1) is 0 Å². The molecular formula is C15H32N2. The Hall–Kier alpha value is -0.0800. The van der Waals surface area contributed by atoms with E-state index in [0.717, 1.165) is 6.04 Å². The second kappa shape index (κ2) is 8.93.